The van der Waals surface area contributed by atoms with Crippen LogP contribution in [-0.4, -0.2) is 50.1 Å². The van der Waals surface area contributed by atoms with Gasteiger partial charge in [0.15, 0.2) is 0 Å². The van der Waals surface area contributed by atoms with Crippen LogP contribution in [0, 0.1) is 0 Å². The van der Waals surface area contributed by atoms with Crippen molar-refractivity contribution in [1.29, 1.82) is 0 Å². The van der Waals surface area contributed by atoms with E-state index >= 15 is 0 Å². The SMILES string of the molecule is Cn1ccnc1NCCCn1ncc2cc(C(=O)O)cc(OCCC[NH-])c21. The maximum Gasteiger partial charge on any atom is 0.335 e. The Hall–Kier alpha value is -3.07. The number of carboxylic acid groups (broad SMARTS) is 1. The maximum atomic E-state index is 11.4. The van der Waals surface area contributed by atoms with E-state index in [9.17, 15) is 9.90 Å². The van der Waals surface area contributed by atoms with Crippen LogP contribution in [0.15, 0.2) is 30.7 Å². The fourth-order valence-corrected chi connectivity index (χ4v) is 2.82. The van der Waals surface area contributed by atoms with E-state index in [-0.39, 0.29) is 12.1 Å². The highest BCUT2D eigenvalue weighted by atomic mass is 16.5. The van der Waals surface area contributed by atoms with Gasteiger partial charge in [-0.3, -0.25) is 4.68 Å². The summed E-state index contributed by atoms with van der Waals surface area (Å²) >= 11 is 0. The number of nitrogens with one attached hydrogen (secondary N) is 2. The number of nitrogens with zero attached hydrogens (tertiary/aromatic N) is 4. The number of rotatable bonds is 10. The fourth-order valence-electron chi connectivity index (χ4n) is 2.82. The molecule has 0 unspecified atom stereocenters. The second kappa shape index (κ2) is 8.54. The predicted octanol–water partition coefficient (Wildman–Crippen LogP) is 2.79. The highest BCUT2D eigenvalue weighted by Gasteiger charge is 2.14. The van der Waals surface area contributed by atoms with E-state index < -0.39 is 5.97 Å². The van der Waals surface area contributed by atoms with Gasteiger partial charge in [0, 0.05) is 37.9 Å². The molecular weight excluding hydrogens is 348 g/mol. The Labute approximate surface area is 156 Å². The van der Waals surface area contributed by atoms with Crippen LogP contribution >= 0.6 is 0 Å². The molecule has 2 aromatic heterocycles. The second-order valence-electron chi connectivity index (χ2n) is 6.18. The minimum Gasteiger partial charge on any atom is -0.677 e. The lowest BCUT2D eigenvalue weighted by Crippen LogP contribution is -2.11. The Morgan fingerprint density at radius 1 is 1.37 bits per heavy atom. The van der Waals surface area contributed by atoms with E-state index in [0.29, 0.717) is 25.3 Å². The van der Waals surface area contributed by atoms with Gasteiger partial charge in [0.2, 0.25) is 5.95 Å². The molecule has 9 nitrogen and oxygen atoms in total. The number of carbonyl (C=O) groups is 1. The van der Waals surface area contributed by atoms with Crippen LogP contribution in [0.3, 0.4) is 0 Å². The van der Waals surface area contributed by atoms with Gasteiger partial charge in [-0.15, -0.1) is 6.54 Å². The summed E-state index contributed by atoms with van der Waals surface area (Å²) in [6.07, 6.45) is 6.68. The number of fused-ring (bicyclic) bond motifs is 1. The summed E-state index contributed by atoms with van der Waals surface area (Å²) in [5, 5.41) is 17.7. The average Bonchev–Trinajstić information content (AvgIpc) is 3.25. The number of benzene rings is 1. The number of carboxylic acids is 1. The number of aryl methyl sites for hydroxylation is 2. The summed E-state index contributed by atoms with van der Waals surface area (Å²) in [5.41, 5.74) is 8.18. The van der Waals surface area contributed by atoms with Gasteiger partial charge in [-0.1, -0.05) is 0 Å². The van der Waals surface area contributed by atoms with E-state index in [0.717, 1.165) is 29.8 Å². The van der Waals surface area contributed by atoms with Gasteiger partial charge >= 0.3 is 5.97 Å². The van der Waals surface area contributed by atoms with Crippen LogP contribution < -0.4 is 10.1 Å². The maximum absolute atomic E-state index is 11.4. The minimum atomic E-state index is -1.01. The third kappa shape index (κ3) is 4.37. The molecule has 0 aliphatic carbocycles. The number of hydrogen-bond donors (Lipinski definition) is 2. The molecule has 1 aromatic carbocycles. The van der Waals surface area contributed by atoms with Crippen molar-refractivity contribution in [3.63, 3.8) is 0 Å². The first-order chi connectivity index (χ1) is 13.1. The summed E-state index contributed by atoms with van der Waals surface area (Å²) in [5.74, 6) is 0.299. The summed E-state index contributed by atoms with van der Waals surface area (Å²) < 4.78 is 9.50. The zero-order valence-corrected chi connectivity index (χ0v) is 15.2. The lowest BCUT2D eigenvalue weighted by Gasteiger charge is -2.12. The summed E-state index contributed by atoms with van der Waals surface area (Å²) in [4.78, 5) is 15.6. The highest BCUT2D eigenvalue weighted by molar-refractivity contribution is 5.96. The van der Waals surface area contributed by atoms with Crippen LogP contribution in [0.5, 0.6) is 5.75 Å². The number of aromatic nitrogens is 4. The monoisotopic (exact) mass is 371 g/mol. The number of ether oxygens (including phenoxy) is 1. The first-order valence-electron chi connectivity index (χ1n) is 8.81. The first kappa shape index (κ1) is 18.7. The third-order valence-corrected chi connectivity index (χ3v) is 4.18. The van der Waals surface area contributed by atoms with Crippen molar-refractivity contribution in [1.82, 2.24) is 19.3 Å². The zero-order chi connectivity index (χ0) is 19.2. The molecule has 0 atom stereocenters. The molecule has 9 heteroatoms. The molecule has 2 heterocycles. The van der Waals surface area contributed by atoms with Crippen molar-refractivity contribution in [2.45, 2.75) is 19.4 Å². The number of anilines is 1. The van der Waals surface area contributed by atoms with Crippen LogP contribution in [0.4, 0.5) is 5.95 Å². The van der Waals surface area contributed by atoms with Crippen LogP contribution in [-0.2, 0) is 13.6 Å². The lowest BCUT2D eigenvalue weighted by atomic mass is 10.1. The smallest absolute Gasteiger partial charge is 0.335 e. The van der Waals surface area contributed by atoms with Crippen molar-refractivity contribution in [3.05, 3.63) is 42.0 Å². The number of hydrogen-bond acceptors (Lipinski definition) is 5. The molecule has 0 radical (unpaired) electrons. The molecule has 3 N–H and O–H groups in total. The first-order valence-corrected chi connectivity index (χ1v) is 8.81. The van der Waals surface area contributed by atoms with Crippen LogP contribution in [0.25, 0.3) is 16.6 Å². The van der Waals surface area contributed by atoms with Gasteiger partial charge < -0.3 is 25.5 Å². The molecule has 0 fully saturated rings. The van der Waals surface area contributed by atoms with E-state index in [1.807, 2.05) is 22.5 Å². The van der Waals surface area contributed by atoms with E-state index in [4.69, 9.17) is 10.5 Å². The molecule has 0 bridgehead atoms. The molecule has 0 aliphatic heterocycles. The van der Waals surface area contributed by atoms with Gasteiger partial charge in [0.25, 0.3) is 0 Å². The molecule has 3 rings (SSSR count). The van der Waals surface area contributed by atoms with Crippen molar-refractivity contribution < 1.29 is 14.6 Å². The van der Waals surface area contributed by atoms with Gasteiger partial charge in [0.05, 0.1) is 18.4 Å². The Bertz CT molecular complexity index is 917. The Morgan fingerprint density at radius 3 is 2.93 bits per heavy atom. The molecular formula is C18H23N6O3-. The molecule has 0 amide bonds. The topological polar surface area (TPSA) is 118 Å². The molecule has 0 aliphatic rings. The molecule has 0 saturated carbocycles. The Kier molecular flexibility index (Phi) is 5.92. The standard InChI is InChI=1S/C18H23N6O3/c1-23-8-6-21-18(23)20-5-3-7-24-16-14(12-22-24)10-13(17(25)26)11-15(16)27-9-2-4-19/h6,8,10-12,19H,2-5,7,9H2,1H3,(H,20,21)(H,25,26)/q-1. The van der Waals surface area contributed by atoms with Crippen molar-refractivity contribution in [2.75, 3.05) is 25.0 Å². The predicted molar refractivity (Wildman–Crippen MR) is 102 cm³/mol. The third-order valence-electron chi connectivity index (χ3n) is 4.18. The second-order valence-corrected chi connectivity index (χ2v) is 6.18. The molecule has 0 spiro atoms. The Balaban J connectivity index is 1.74. The van der Waals surface area contributed by atoms with E-state index in [2.05, 4.69) is 15.4 Å². The van der Waals surface area contributed by atoms with Gasteiger partial charge in [-0.25, -0.2) is 9.78 Å². The van der Waals surface area contributed by atoms with Gasteiger partial charge in [0.1, 0.15) is 11.3 Å². The van der Waals surface area contributed by atoms with Crippen molar-refractivity contribution in [2.24, 2.45) is 7.05 Å². The number of aromatic carboxylic acids is 1. The summed E-state index contributed by atoms with van der Waals surface area (Å²) in [7, 11) is 1.93. The minimum absolute atomic E-state index is 0.166. The molecule has 27 heavy (non-hydrogen) atoms. The normalized spacial score (nSPS) is 11.0. The van der Waals surface area contributed by atoms with Gasteiger partial charge in [-0.05, 0) is 25.0 Å². The molecule has 144 valence electrons. The average molecular weight is 371 g/mol. The lowest BCUT2D eigenvalue weighted by molar-refractivity contribution is 0.0696. The van der Waals surface area contributed by atoms with Crippen LogP contribution in [0.2, 0.25) is 0 Å². The summed E-state index contributed by atoms with van der Waals surface area (Å²) in [6.45, 7) is 2.02. The largest absolute Gasteiger partial charge is 0.677 e. The molecule has 3 aromatic rings. The number of imidazole rings is 1. The molecule has 0 saturated heterocycles. The highest BCUT2D eigenvalue weighted by Crippen LogP contribution is 2.28. The van der Waals surface area contributed by atoms with Crippen molar-refractivity contribution >= 4 is 22.8 Å². The van der Waals surface area contributed by atoms with E-state index in [1.165, 1.54) is 6.07 Å². The van der Waals surface area contributed by atoms with Gasteiger partial charge in [-0.2, -0.15) is 5.10 Å². The van der Waals surface area contributed by atoms with Crippen LogP contribution in [0.1, 0.15) is 23.2 Å². The Morgan fingerprint density at radius 2 is 2.22 bits per heavy atom. The summed E-state index contributed by atoms with van der Waals surface area (Å²) in [6, 6.07) is 3.13. The quantitative estimate of drug-likeness (QED) is 0.529. The zero-order valence-electron chi connectivity index (χ0n) is 15.2. The van der Waals surface area contributed by atoms with E-state index in [1.54, 1.807) is 18.5 Å². The fraction of sp³-hybridized carbons (Fsp3) is 0.389. The van der Waals surface area contributed by atoms with Crippen molar-refractivity contribution in [3.8, 4) is 5.75 Å².